The summed E-state index contributed by atoms with van der Waals surface area (Å²) in [5.74, 6) is 0.463. The Labute approximate surface area is 101 Å². The highest BCUT2D eigenvalue weighted by atomic mass is 16.3. The fraction of sp³-hybridized carbons (Fsp3) is 0.538. The molecule has 1 aromatic rings. The Balaban J connectivity index is 2.15. The molecule has 0 saturated heterocycles. The van der Waals surface area contributed by atoms with Gasteiger partial charge in [0.25, 0.3) is 5.91 Å². The zero-order chi connectivity index (χ0) is 12.4. The maximum absolute atomic E-state index is 12.3. The molecule has 1 aliphatic rings. The normalized spacial score (nSPS) is 15.0. The highest BCUT2D eigenvalue weighted by molar-refractivity contribution is 5.94. The molecule has 1 amide bonds. The molecule has 1 fully saturated rings. The molecule has 4 nitrogen and oxygen atoms in total. The molecule has 1 N–H and O–H groups in total. The van der Waals surface area contributed by atoms with E-state index in [4.69, 9.17) is 0 Å². The van der Waals surface area contributed by atoms with Crippen molar-refractivity contribution in [3.8, 4) is 5.75 Å². The molecule has 2 rings (SSSR count). The number of rotatable bonds is 4. The topological polar surface area (TPSA) is 53.4 Å². The summed E-state index contributed by atoms with van der Waals surface area (Å²) in [7, 11) is 0. The first kappa shape index (κ1) is 11.9. The standard InChI is InChI=1S/C13H18N2O2/c1-9(2)8-15(11-3-4-11)13(17)10-5-12(16)7-14-6-10/h5-7,9,11,16H,3-4,8H2,1-2H3. The number of pyridine rings is 1. The molecule has 1 aromatic heterocycles. The molecule has 17 heavy (non-hydrogen) atoms. The van der Waals surface area contributed by atoms with Crippen molar-refractivity contribution in [3.63, 3.8) is 0 Å². The van der Waals surface area contributed by atoms with E-state index in [2.05, 4.69) is 18.8 Å². The van der Waals surface area contributed by atoms with E-state index in [1.807, 2.05) is 4.90 Å². The average Bonchev–Trinajstić information content (AvgIpc) is 3.08. The van der Waals surface area contributed by atoms with E-state index in [0.717, 1.165) is 19.4 Å². The predicted molar refractivity (Wildman–Crippen MR) is 64.8 cm³/mol. The quantitative estimate of drug-likeness (QED) is 0.867. The zero-order valence-electron chi connectivity index (χ0n) is 10.3. The van der Waals surface area contributed by atoms with Crippen molar-refractivity contribution in [1.82, 2.24) is 9.88 Å². The van der Waals surface area contributed by atoms with Crippen LogP contribution in [0.3, 0.4) is 0 Å². The molecular formula is C13H18N2O2. The van der Waals surface area contributed by atoms with E-state index < -0.39 is 0 Å². The maximum Gasteiger partial charge on any atom is 0.255 e. The van der Waals surface area contributed by atoms with Gasteiger partial charge in [-0.05, 0) is 24.8 Å². The second-order valence-electron chi connectivity index (χ2n) is 5.01. The van der Waals surface area contributed by atoms with Crippen LogP contribution in [-0.2, 0) is 0 Å². The molecule has 0 bridgehead atoms. The van der Waals surface area contributed by atoms with Crippen molar-refractivity contribution >= 4 is 5.91 Å². The van der Waals surface area contributed by atoms with Crippen molar-refractivity contribution in [3.05, 3.63) is 24.0 Å². The van der Waals surface area contributed by atoms with Gasteiger partial charge in [0.05, 0.1) is 11.8 Å². The van der Waals surface area contributed by atoms with Gasteiger partial charge < -0.3 is 10.0 Å². The first-order chi connectivity index (χ1) is 8.08. The summed E-state index contributed by atoms with van der Waals surface area (Å²) >= 11 is 0. The minimum atomic E-state index is -0.0235. The summed E-state index contributed by atoms with van der Waals surface area (Å²) in [6, 6.07) is 1.86. The number of carbonyl (C=O) groups is 1. The predicted octanol–water partition coefficient (Wildman–Crippen LogP) is 2.05. The van der Waals surface area contributed by atoms with Crippen LogP contribution in [0.5, 0.6) is 5.75 Å². The van der Waals surface area contributed by atoms with Crippen LogP contribution in [-0.4, -0.2) is 33.5 Å². The van der Waals surface area contributed by atoms with Crippen molar-refractivity contribution in [2.45, 2.75) is 32.7 Å². The number of aromatic hydroxyl groups is 1. The van der Waals surface area contributed by atoms with Crippen LogP contribution in [0.4, 0.5) is 0 Å². The van der Waals surface area contributed by atoms with Gasteiger partial charge in [-0.1, -0.05) is 13.8 Å². The summed E-state index contributed by atoms with van der Waals surface area (Å²) in [6.07, 6.45) is 5.02. The molecule has 1 aliphatic carbocycles. The second kappa shape index (κ2) is 4.73. The van der Waals surface area contributed by atoms with E-state index in [0.29, 0.717) is 17.5 Å². The summed E-state index contributed by atoms with van der Waals surface area (Å²) in [6.45, 7) is 4.96. The number of hydrogen-bond acceptors (Lipinski definition) is 3. The van der Waals surface area contributed by atoms with Crippen molar-refractivity contribution in [1.29, 1.82) is 0 Å². The summed E-state index contributed by atoms with van der Waals surface area (Å²) in [5.41, 5.74) is 0.470. The average molecular weight is 234 g/mol. The van der Waals surface area contributed by atoms with Gasteiger partial charge in [-0.2, -0.15) is 0 Å². The fourth-order valence-corrected chi connectivity index (χ4v) is 1.89. The van der Waals surface area contributed by atoms with Crippen LogP contribution in [0, 0.1) is 5.92 Å². The molecule has 0 spiro atoms. The van der Waals surface area contributed by atoms with Crippen LogP contribution in [0.2, 0.25) is 0 Å². The Hall–Kier alpha value is -1.58. The Bertz CT molecular complexity index is 414. The molecule has 1 saturated carbocycles. The van der Waals surface area contributed by atoms with Gasteiger partial charge in [-0.15, -0.1) is 0 Å². The van der Waals surface area contributed by atoms with Gasteiger partial charge in [-0.3, -0.25) is 9.78 Å². The number of amides is 1. The Kier molecular flexibility index (Phi) is 3.31. The van der Waals surface area contributed by atoms with E-state index >= 15 is 0 Å². The van der Waals surface area contributed by atoms with Gasteiger partial charge in [0.15, 0.2) is 0 Å². The van der Waals surface area contributed by atoms with E-state index in [9.17, 15) is 9.90 Å². The number of nitrogens with zero attached hydrogens (tertiary/aromatic N) is 2. The number of carbonyl (C=O) groups excluding carboxylic acids is 1. The molecule has 1 heterocycles. The molecule has 92 valence electrons. The minimum absolute atomic E-state index is 0.0235. The summed E-state index contributed by atoms with van der Waals surface area (Å²) in [5, 5.41) is 9.35. The lowest BCUT2D eigenvalue weighted by atomic mass is 10.1. The Morgan fingerprint density at radius 1 is 1.53 bits per heavy atom. The van der Waals surface area contributed by atoms with Crippen molar-refractivity contribution in [2.75, 3.05) is 6.54 Å². The van der Waals surface area contributed by atoms with E-state index in [-0.39, 0.29) is 11.7 Å². The minimum Gasteiger partial charge on any atom is -0.506 e. The van der Waals surface area contributed by atoms with E-state index in [1.165, 1.54) is 18.5 Å². The first-order valence-electron chi connectivity index (χ1n) is 6.03. The van der Waals surface area contributed by atoms with Crippen molar-refractivity contribution < 1.29 is 9.90 Å². The van der Waals surface area contributed by atoms with E-state index in [1.54, 1.807) is 0 Å². The smallest absolute Gasteiger partial charge is 0.255 e. The summed E-state index contributed by atoms with van der Waals surface area (Å²) in [4.78, 5) is 18.0. The monoisotopic (exact) mass is 234 g/mol. The lowest BCUT2D eigenvalue weighted by Gasteiger charge is -2.24. The van der Waals surface area contributed by atoms with Gasteiger partial charge in [0.2, 0.25) is 0 Å². The molecular weight excluding hydrogens is 216 g/mol. The highest BCUT2D eigenvalue weighted by Crippen LogP contribution is 2.29. The van der Waals surface area contributed by atoms with Gasteiger partial charge in [-0.25, -0.2) is 0 Å². The molecule has 0 unspecified atom stereocenters. The second-order valence-corrected chi connectivity index (χ2v) is 5.01. The highest BCUT2D eigenvalue weighted by Gasteiger charge is 2.33. The van der Waals surface area contributed by atoms with Gasteiger partial charge in [0.1, 0.15) is 5.75 Å². The third-order valence-electron chi connectivity index (χ3n) is 2.78. The van der Waals surface area contributed by atoms with Gasteiger partial charge in [0, 0.05) is 18.8 Å². The Morgan fingerprint density at radius 2 is 2.24 bits per heavy atom. The molecule has 0 aliphatic heterocycles. The number of aromatic nitrogens is 1. The third kappa shape index (κ3) is 2.96. The van der Waals surface area contributed by atoms with Crippen LogP contribution < -0.4 is 0 Å². The SMILES string of the molecule is CC(C)CN(C(=O)c1cncc(O)c1)C1CC1. The number of hydrogen-bond donors (Lipinski definition) is 1. The zero-order valence-corrected chi connectivity index (χ0v) is 10.3. The molecule has 0 aromatic carbocycles. The van der Waals surface area contributed by atoms with Gasteiger partial charge >= 0.3 is 0 Å². The van der Waals surface area contributed by atoms with Crippen LogP contribution in [0.1, 0.15) is 37.0 Å². The first-order valence-corrected chi connectivity index (χ1v) is 6.03. The van der Waals surface area contributed by atoms with Crippen LogP contribution in [0.15, 0.2) is 18.5 Å². The fourth-order valence-electron chi connectivity index (χ4n) is 1.89. The maximum atomic E-state index is 12.3. The molecule has 4 heteroatoms. The third-order valence-corrected chi connectivity index (χ3v) is 2.78. The molecule has 0 radical (unpaired) electrons. The largest absolute Gasteiger partial charge is 0.506 e. The lowest BCUT2D eigenvalue weighted by molar-refractivity contribution is 0.0721. The lowest BCUT2D eigenvalue weighted by Crippen LogP contribution is -2.36. The summed E-state index contributed by atoms with van der Waals surface area (Å²) < 4.78 is 0. The molecule has 0 atom stereocenters. The van der Waals surface area contributed by atoms with Crippen LogP contribution >= 0.6 is 0 Å². The van der Waals surface area contributed by atoms with Crippen molar-refractivity contribution in [2.24, 2.45) is 5.92 Å². The Morgan fingerprint density at radius 3 is 2.76 bits per heavy atom. The van der Waals surface area contributed by atoms with Crippen LogP contribution in [0.25, 0.3) is 0 Å².